The lowest BCUT2D eigenvalue weighted by molar-refractivity contribution is -0.386. The molecule has 0 unspecified atom stereocenters. The van der Waals surface area contributed by atoms with Crippen molar-refractivity contribution >= 4 is 23.0 Å². The number of carboxylic acids is 1. The zero-order valence-electron chi connectivity index (χ0n) is 9.48. The number of benzene rings is 1. The predicted octanol–water partition coefficient (Wildman–Crippen LogP) is 2.33. The average Bonchev–Trinajstić information content (AvgIpc) is 2.88. The van der Waals surface area contributed by atoms with Crippen LogP contribution in [0, 0.1) is 10.1 Å². The predicted molar refractivity (Wildman–Crippen MR) is 66.5 cm³/mol. The third kappa shape index (κ3) is 2.86. The number of carbonyl (C=O) groups is 1. The Hall–Kier alpha value is -2.48. The molecule has 0 aliphatic heterocycles. The van der Waals surface area contributed by atoms with E-state index in [0.717, 1.165) is 0 Å². The molecule has 19 heavy (non-hydrogen) atoms. The summed E-state index contributed by atoms with van der Waals surface area (Å²) in [6, 6.07) is 3.76. The molecule has 7 nitrogen and oxygen atoms in total. The van der Waals surface area contributed by atoms with E-state index in [-0.39, 0.29) is 23.6 Å². The molecule has 1 N–H and O–H groups in total. The van der Waals surface area contributed by atoms with E-state index in [4.69, 9.17) is 9.84 Å². The van der Waals surface area contributed by atoms with Crippen molar-refractivity contribution in [1.29, 1.82) is 0 Å². The SMILES string of the molecule is O=C(O)c1cccc([N+](=O)[O-])c1OCc1nccs1. The summed E-state index contributed by atoms with van der Waals surface area (Å²) in [4.78, 5) is 25.2. The molecule has 0 radical (unpaired) electrons. The Bertz CT molecular complexity index is 579. The third-order valence-corrected chi connectivity index (χ3v) is 3.00. The number of ether oxygens (including phenoxy) is 1. The summed E-state index contributed by atoms with van der Waals surface area (Å²) < 4.78 is 5.26. The second-order valence-corrected chi connectivity index (χ2v) is 4.41. The van der Waals surface area contributed by atoms with Gasteiger partial charge >= 0.3 is 11.7 Å². The Kier molecular flexibility index (Phi) is 3.71. The van der Waals surface area contributed by atoms with E-state index in [1.165, 1.54) is 29.5 Å². The van der Waals surface area contributed by atoms with E-state index in [1.807, 2.05) is 0 Å². The van der Waals surface area contributed by atoms with Gasteiger partial charge in [0.05, 0.1) is 4.92 Å². The number of thiazole rings is 1. The normalized spacial score (nSPS) is 10.1. The molecule has 1 heterocycles. The van der Waals surface area contributed by atoms with Gasteiger partial charge < -0.3 is 9.84 Å². The van der Waals surface area contributed by atoms with E-state index in [9.17, 15) is 14.9 Å². The first-order chi connectivity index (χ1) is 9.09. The Morgan fingerprint density at radius 2 is 2.32 bits per heavy atom. The van der Waals surface area contributed by atoms with Crippen molar-refractivity contribution in [3.63, 3.8) is 0 Å². The lowest BCUT2D eigenvalue weighted by Gasteiger charge is -2.07. The zero-order chi connectivity index (χ0) is 13.8. The summed E-state index contributed by atoms with van der Waals surface area (Å²) in [6.07, 6.45) is 1.57. The molecule has 0 bridgehead atoms. The first-order valence-electron chi connectivity index (χ1n) is 5.11. The molecule has 0 atom stereocenters. The van der Waals surface area contributed by atoms with Crippen molar-refractivity contribution in [2.75, 3.05) is 0 Å². The lowest BCUT2D eigenvalue weighted by atomic mass is 10.2. The summed E-state index contributed by atoms with van der Waals surface area (Å²) >= 11 is 1.32. The largest absolute Gasteiger partial charge is 0.479 e. The summed E-state index contributed by atoms with van der Waals surface area (Å²) in [7, 11) is 0. The Labute approximate surface area is 111 Å². The fourth-order valence-corrected chi connectivity index (χ4v) is 1.97. The van der Waals surface area contributed by atoms with Crippen molar-refractivity contribution in [3.8, 4) is 5.75 Å². The van der Waals surface area contributed by atoms with E-state index in [0.29, 0.717) is 5.01 Å². The highest BCUT2D eigenvalue weighted by Crippen LogP contribution is 2.31. The summed E-state index contributed by atoms with van der Waals surface area (Å²) in [5.74, 6) is -1.53. The van der Waals surface area contributed by atoms with Crippen molar-refractivity contribution < 1.29 is 19.6 Å². The van der Waals surface area contributed by atoms with Gasteiger partial charge in [-0.2, -0.15) is 0 Å². The van der Waals surface area contributed by atoms with Crippen LogP contribution in [0.25, 0.3) is 0 Å². The lowest BCUT2D eigenvalue weighted by Crippen LogP contribution is -2.06. The number of rotatable bonds is 5. The van der Waals surface area contributed by atoms with Gasteiger partial charge in [-0.15, -0.1) is 11.3 Å². The molecule has 0 spiro atoms. The topological polar surface area (TPSA) is 103 Å². The summed E-state index contributed by atoms with van der Waals surface area (Å²) in [5, 5.41) is 22.2. The highest BCUT2D eigenvalue weighted by molar-refractivity contribution is 7.09. The van der Waals surface area contributed by atoms with Crippen molar-refractivity contribution in [2.45, 2.75) is 6.61 Å². The first kappa shape index (κ1) is 13.0. The molecule has 0 aliphatic carbocycles. The first-order valence-corrected chi connectivity index (χ1v) is 5.99. The van der Waals surface area contributed by atoms with Crippen molar-refractivity contribution in [2.24, 2.45) is 0 Å². The molecule has 0 saturated carbocycles. The van der Waals surface area contributed by atoms with Crippen LogP contribution in [0.3, 0.4) is 0 Å². The van der Waals surface area contributed by atoms with Crippen LogP contribution in [0.15, 0.2) is 29.8 Å². The number of aromatic carboxylic acids is 1. The smallest absolute Gasteiger partial charge is 0.339 e. The number of nitrogens with zero attached hydrogens (tertiary/aromatic N) is 2. The number of nitro benzene ring substituents is 1. The summed E-state index contributed by atoms with van der Waals surface area (Å²) in [5.41, 5.74) is -0.623. The van der Waals surface area contributed by atoms with Gasteiger partial charge in [0.25, 0.3) is 0 Å². The molecule has 2 aromatic rings. The maximum Gasteiger partial charge on any atom is 0.339 e. The number of para-hydroxylation sites is 1. The van der Waals surface area contributed by atoms with Crippen LogP contribution in [-0.2, 0) is 6.61 Å². The van der Waals surface area contributed by atoms with E-state index in [2.05, 4.69) is 4.98 Å². The Morgan fingerprint density at radius 3 is 2.89 bits per heavy atom. The minimum absolute atomic E-state index is 0.0111. The van der Waals surface area contributed by atoms with Crippen molar-refractivity contribution in [3.05, 3.63) is 50.5 Å². The molecule has 0 saturated heterocycles. The molecule has 8 heteroatoms. The van der Waals surface area contributed by atoms with Gasteiger partial charge in [-0.05, 0) is 6.07 Å². The maximum absolute atomic E-state index is 11.0. The van der Waals surface area contributed by atoms with Gasteiger partial charge in [0, 0.05) is 17.6 Å². The molecule has 0 fully saturated rings. The van der Waals surface area contributed by atoms with Gasteiger partial charge in [-0.1, -0.05) is 6.07 Å². The average molecular weight is 280 g/mol. The van der Waals surface area contributed by atoms with Gasteiger partial charge in [-0.25, -0.2) is 9.78 Å². The van der Waals surface area contributed by atoms with E-state index >= 15 is 0 Å². The van der Waals surface area contributed by atoms with Crippen LogP contribution >= 0.6 is 11.3 Å². The Balaban J connectivity index is 2.35. The maximum atomic E-state index is 11.0. The van der Waals surface area contributed by atoms with E-state index < -0.39 is 10.9 Å². The minimum atomic E-state index is -1.28. The molecule has 1 aromatic carbocycles. The fourth-order valence-electron chi connectivity index (χ4n) is 1.45. The number of hydrogen-bond donors (Lipinski definition) is 1. The van der Waals surface area contributed by atoms with Crippen LogP contribution < -0.4 is 4.74 Å². The molecule has 2 rings (SSSR count). The van der Waals surface area contributed by atoms with Crippen LogP contribution in [-0.4, -0.2) is 21.0 Å². The van der Waals surface area contributed by atoms with Crippen LogP contribution in [0.4, 0.5) is 5.69 Å². The standard InChI is InChI=1S/C11H8N2O5S/c14-11(15)7-2-1-3-8(13(16)17)10(7)18-6-9-12-4-5-19-9/h1-5H,6H2,(H,14,15). The van der Waals surface area contributed by atoms with Crippen molar-refractivity contribution in [1.82, 2.24) is 4.98 Å². The second-order valence-electron chi connectivity index (χ2n) is 3.43. The number of carboxylic acid groups (broad SMARTS) is 1. The van der Waals surface area contributed by atoms with Gasteiger partial charge in [0.1, 0.15) is 17.2 Å². The number of nitro groups is 1. The second kappa shape index (κ2) is 5.44. The van der Waals surface area contributed by atoms with Gasteiger partial charge in [0.2, 0.25) is 5.75 Å². The fraction of sp³-hybridized carbons (Fsp3) is 0.0909. The molecular weight excluding hydrogens is 272 g/mol. The summed E-state index contributed by atoms with van der Waals surface area (Å²) in [6.45, 7) is -0.0111. The molecule has 0 aliphatic rings. The molecule has 98 valence electrons. The Morgan fingerprint density at radius 1 is 1.53 bits per heavy atom. The van der Waals surface area contributed by atoms with Gasteiger partial charge in [0.15, 0.2) is 0 Å². The number of hydrogen-bond acceptors (Lipinski definition) is 6. The molecule has 0 amide bonds. The van der Waals surface area contributed by atoms with Crippen LogP contribution in [0.5, 0.6) is 5.75 Å². The highest BCUT2D eigenvalue weighted by atomic mass is 32.1. The zero-order valence-corrected chi connectivity index (χ0v) is 10.3. The van der Waals surface area contributed by atoms with E-state index in [1.54, 1.807) is 11.6 Å². The highest BCUT2D eigenvalue weighted by Gasteiger charge is 2.23. The third-order valence-electron chi connectivity index (χ3n) is 2.24. The van der Waals surface area contributed by atoms with Crippen LogP contribution in [0.1, 0.15) is 15.4 Å². The van der Waals surface area contributed by atoms with Gasteiger partial charge in [-0.3, -0.25) is 10.1 Å². The minimum Gasteiger partial charge on any atom is -0.479 e. The quantitative estimate of drug-likeness (QED) is 0.666. The molecular formula is C11H8N2O5S. The number of aromatic nitrogens is 1. The monoisotopic (exact) mass is 280 g/mol. The van der Waals surface area contributed by atoms with Crippen LogP contribution in [0.2, 0.25) is 0 Å². The molecule has 1 aromatic heterocycles.